The Morgan fingerprint density at radius 1 is 1.58 bits per heavy atom. The second-order valence-corrected chi connectivity index (χ2v) is 3.11. The van der Waals surface area contributed by atoms with E-state index in [0.29, 0.717) is 6.61 Å². The Bertz CT molecular complexity index is 131. The molecule has 0 spiro atoms. The van der Waals surface area contributed by atoms with Crippen LogP contribution >= 0.6 is 0 Å². The van der Waals surface area contributed by atoms with E-state index in [0.717, 1.165) is 12.8 Å². The summed E-state index contributed by atoms with van der Waals surface area (Å²) in [5.74, 6) is -1.96. The molecule has 0 aliphatic carbocycles. The van der Waals surface area contributed by atoms with Crippen LogP contribution in [0.2, 0.25) is 0 Å². The van der Waals surface area contributed by atoms with Gasteiger partial charge in [-0.1, -0.05) is 13.3 Å². The minimum Gasteiger partial charge on any atom is -0.371 e. The molecule has 0 aromatic rings. The predicted octanol–water partition coefficient (Wildman–Crippen LogP) is 0.230. The molecule has 1 unspecified atom stereocenters. The molecule has 1 saturated heterocycles. The van der Waals surface area contributed by atoms with E-state index >= 15 is 0 Å². The molecule has 0 amide bonds. The summed E-state index contributed by atoms with van der Waals surface area (Å²) in [5, 5.41) is 18.4. The number of hydrogen-bond donors (Lipinski definition) is 2. The zero-order valence-corrected chi connectivity index (χ0v) is 7.32. The third kappa shape index (κ3) is 4.01. The fraction of sp³-hybridized carbons (Fsp3) is 1.00. The van der Waals surface area contributed by atoms with Gasteiger partial charge < -0.3 is 19.7 Å². The Labute approximate surface area is 72.1 Å². The molecule has 4 heteroatoms. The SMILES string of the molecule is CCCCC(O)(O)OCC1CO1. The highest BCUT2D eigenvalue weighted by molar-refractivity contribution is 4.68. The summed E-state index contributed by atoms with van der Waals surface area (Å²) in [6, 6.07) is 0. The van der Waals surface area contributed by atoms with Gasteiger partial charge in [0.25, 0.3) is 5.97 Å². The molecular weight excluding hydrogens is 160 g/mol. The first-order valence-electron chi connectivity index (χ1n) is 4.34. The van der Waals surface area contributed by atoms with Gasteiger partial charge in [-0.05, 0) is 6.42 Å². The summed E-state index contributed by atoms with van der Waals surface area (Å²) < 4.78 is 9.70. The summed E-state index contributed by atoms with van der Waals surface area (Å²) in [4.78, 5) is 0. The van der Waals surface area contributed by atoms with Crippen molar-refractivity contribution in [1.29, 1.82) is 0 Å². The van der Waals surface area contributed by atoms with Crippen LogP contribution in [-0.4, -0.2) is 35.5 Å². The summed E-state index contributed by atoms with van der Waals surface area (Å²) in [6.45, 7) is 2.93. The predicted molar refractivity (Wildman–Crippen MR) is 42.4 cm³/mol. The second kappa shape index (κ2) is 4.18. The lowest BCUT2D eigenvalue weighted by Crippen LogP contribution is -2.33. The Hall–Kier alpha value is -0.160. The molecule has 0 saturated carbocycles. The van der Waals surface area contributed by atoms with Crippen LogP contribution in [0.15, 0.2) is 0 Å². The molecule has 0 aromatic heterocycles. The molecule has 12 heavy (non-hydrogen) atoms. The Balaban J connectivity index is 2.07. The van der Waals surface area contributed by atoms with E-state index in [1.807, 2.05) is 6.92 Å². The van der Waals surface area contributed by atoms with Crippen LogP contribution < -0.4 is 0 Å². The van der Waals surface area contributed by atoms with Crippen molar-refractivity contribution in [2.75, 3.05) is 13.2 Å². The zero-order valence-electron chi connectivity index (χ0n) is 7.32. The molecule has 1 aliphatic heterocycles. The van der Waals surface area contributed by atoms with Crippen molar-refractivity contribution in [2.45, 2.75) is 38.3 Å². The topological polar surface area (TPSA) is 62.2 Å². The van der Waals surface area contributed by atoms with Crippen LogP contribution in [0.1, 0.15) is 26.2 Å². The Morgan fingerprint density at radius 2 is 2.25 bits per heavy atom. The monoisotopic (exact) mass is 176 g/mol. The first kappa shape index (κ1) is 9.92. The average molecular weight is 176 g/mol. The second-order valence-electron chi connectivity index (χ2n) is 3.11. The molecule has 72 valence electrons. The summed E-state index contributed by atoms with van der Waals surface area (Å²) in [5.41, 5.74) is 0. The lowest BCUT2D eigenvalue weighted by molar-refractivity contribution is -0.341. The molecule has 2 N–H and O–H groups in total. The minimum absolute atomic E-state index is 0.0744. The number of ether oxygens (including phenoxy) is 2. The molecule has 1 atom stereocenters. The Kier molecular flexibility index (Phi) is 3.46. The molecule has 4 nitrogen and oxygen atoms in total. The fourth-order valence-corrected chi connectivity index (χ4v) is 0.870. The summed E-state index contributed by atoms with van der Waals surface area (Å²) in [7, 11) is 0. The van der Waals surface area contributed by atoms with Crippen molar-refractivity contribution in [1.82, 2.24) is 0 Å². The Morgan fingerprint density at radius 3 is 2.75 bits per heavy atom. The van der Waals surface area contributed by atoms with Crippen molar-refractivity contribution in [3.63, 3.8) is 0 Å². The van der Waals surface area contributed by atoms with Crippen molar-refractivity contribution < 1.29 is 19.7 Å². The van der Waals surface area contributed by atoms with Crippen molar-refractivity contribution in [2.24, 2.45) is 0 Å². The van der Waals surface area contributed by atoms with Gasteiger partial charge in [-0.15, -0.1) is 0 Å². The molecular formula is C8H16O4. The normalized spacial score (nSPS) is 22.8. The minimum atomic E-state index is -1.96. The van der Waals surface area contributed by atoms with Gasteiger partial charge in [0.15, 0.2) is 0 Å². The van der Waals surface area contributed by atoms with Gasteiger partial charge in [0, 0.05) is 6.42 Å². The fourth-order valence-electron chi connectivity index (χ4n) is 0.870. The zero-order chi connectivity index (χ0) is 9.03. The molecule has 0 radical (unpaired) electrons. The van der Waals surface area contributed by atoms with E-state index in [1.54, 1.807) is 0 Å². The van der Waals surface area contributed by atoms with Crippen LogP contribution in [0.4, 0.5) is 0 Å². The van der Waals surface area contributed by atoms with E-state index in [9.17, 15) is 10.2 Å². The molecule has 1 rings (SSSR count). The smallest absolute Gasteiger partial charge is 0.277 e. The first-order valence-corrected chi connectivity index (χ1v) is 4.34. The van der Waals surface area contributed by atoms with Crippen LogP contribution in [0.3, 0.4) is 0 Å². The van der Waals surface area contributed by atoms with E-state index < -0.39 is 5.97 Å². The van der Waals surface area contributed by atoms with Gasteiger partial charge in [-0.2, -0.15) is 0 Å². The lowest BCUT2D eigenvalue weighted by atomic mass is 10.2. The first-order chi connectivity index (χ1) is 5.64. The molecule has 1 fully saturated rings. The van der Waals surface area contributed by atoms with Gasteiger partial charge in [0.1, 0.15) is 6.10 Å². The third-order valence-corrected chi connectivity index (χ3v) is 1.76. The lowest BCUT2D eigenvalue weighted by Gasteiger charge is -2.20. The van der Waals surface area contributed by atoms with Gasteiger partial charge in [0.2, 0.25) is 0 Å². The number of epoxide rings is 1. The molecule has 0 bridgehead atoms. The maximum Gasteiger partial charge on any atom is 0.277 e. The van der Waals surface area contributed by atoms with E-state index in [1.165, 1.54) is 0 Å². The van der Waals surface area contributed by atoms with Gasteiger partial charge in [-0.25, -0.2) is 0 Å². The quantitative estimate of drug-likeness (QED) is 0.449. The van der Waals surface area contributed by atoms with Crippen molar-refractivity contribution >= 4 is 0 Å². The average Bonchev–Trinajstić information content (AvgIpc) is 2.81. The van der Waals surface area contributed by atoms with Crippen molar-refractivity contribution in [3.8, 4) is 0 Å². The summed E-state index contributed by atoms with van der Waals surface area (Å²) >= 11 is 0. The number of aliphatic hydroxyl groups is 2. The molecule has 1 heterocycles. The third-order valence-electron chi connectivity index (χ3n) is 1.76. The van der Waals surface area contributed by atoms with Crippen LogP contribution in [-0.2, 0) is 9.47 Å². The van der Waals surface area contributed by atoms with Crippen LogP contribution in [0, 0.1) is 0 Å². The standard InChI is InChI=1S/C8H16O4/c1-2-3-4-8(9,10)12-6-7-5-11-7/h7,9-10H,2-6H2,1H3. The summed E-state index contributed by atoms with van der Waals surface area (Å²) in [6.07, 6.45) is 2.01. The number of unbranched alkanes of at least 4 members (excludes halogenated alkanes) is 1. The van der Waals surface area contributed by atoms with E-state index in [2.05, 4.69) is 0 Å². The van der Waals surface area contributed by atoms with E-state index in [-0.39, 0.29) is 19.1 Å². The highest BCUT2D eigenvalue weighted by Crippen LogP contribution is 2.16. The van der Waals surface area contributed by atoms with Crippen molar-refractivity contribution in [3.05, 3.63) is 0 Å². The van der Waals surface area contributed by atoms with E-state index in [4.69, 9.17) is 9.47 Å². The molecule has 1 aliphatic rings. The van der Waals surface area contributed by atoms with Crippen LogP contribution in [0.25, 0.3) is 0 Å². The highest BCUT2D eigenvalue weighted by atomic mass is 16.8. The maximum atomic E-state index is 9.20. The number of rotatable bonds is 6. The van der Waals surface area contributed by atoms with Gasteiger partial charge in [-0.3, -0.25) is 0 Å². The molecule has 0 aromatic carbocycles. The highest BCUT2D eigenvalue weighted by Gasteiger charge is 2.29. The largest absolute Gasteiger partial charge is 0.371 e. The maximum absolute atomic E-state index is 9.20. The van der Waals surface area contributed by atoms with Gasteiger partial charge >= 0.3 is 0 Å². The van der Waals surface area contributed by atoms with Gasteiger partial charge in [0.05, 0.1) is 13.2 Å². The van der Waals surface area contributed by atoms with Crippen LogP contribution in [0.5, 0.6) is 0 Å². The number of hydrogen-bond acceptors (Lipinski definition) is 4.